The largest absolute Gasteiger partial charge is 0.465 e. The van der Waals surface area contributed by atoms with Crippen LogP contribution >= 0.6 is 0 Å². The van der Waals surface area contributed by atoms with Crippen LogP contribution in [0.2, 0.25) is 0 Å². The number of rotatable bonds is 6. The molecule has 2 aliphatic heterocycles. The van der Waals surface area contributed by atoms with E-state index in [2.05, 4.69) is 54.0 Å². The van der Waals surface area contributed by atoms with Crippen LogP contribution in [0.5, 0.6) is 0 Å². The third-order valence-corrected chi connectivity index (χ3v) is 8.21. The van der Waals surface area contributed by atoms with Gasteiger partial charge in [0.05, 0.1) is 18.9 Å². The van der Waals surface area contributed by atoms with Gasteiger partial charge in [-0.15, -0.1) is 0 Å². The second-order valence-electron chi connectivity index (χ2n) is 9.61. The molecule has 188 valence electrons. The summed E-state index contributed by atoms with van der Waals surface area (Å²) in [5.74, 6) is -0.316. The Morgan fingerprint density at radius 1 is 1.03 bits per heavy atom. The van der Waals surface area contributed by atoms with Crippen molar-refractivity contribution >= 4 is 27.3 Å². The van der Waals surface area contributed by atoms with Crippen LogP contribution in [0.1, 0.15) is 41.8 Å². The van der Waals surface area contributed by atoms with Crippen LogP contribution in [-0.4, -0.2) is 75.2 Å². The van der Waals surface area contributed by atoms with E-state index in [1.807, 2.05) is 24.3 Å². The normalized spacial score (nSPS) is 22.1. The van der Waals surface area contributed by atoms with Gasteiger partial charge in [0.1, 0.15) is 0 Å². The average Bonchev–Trinajstić information content (AvgIpc) is 2.83. The SMILES string of the molecule is COC(=O)c1ccc(CN2C[C@@H](C)N(c3ccccc3C3=CCN(S(C)(=O)=O)CC3)[C@@H](C)C2)cc1. The Labute approximate surface area is 209 Å². The number of piperazine rings is 1. The van der Waals surface area contributed by atoms with Crippen LogP contribution < -0.4 is 4.90 Å². The predicted octanol–water partition coefficient (Wildman–Crippen LogP) is 3.62. The first kappa shape index (κ1) is 25.4. The topological polar surface area (TPSA) is 70.2 Å². The molecule has 35 heavy (non-hydrogen) atoms. The lowest BCUT2D eigenvalue weighted by Crippen LogP contribution is -2.56. The highest BCUT2D eigenvalue weighted by atomic mass is 32.2. The van der Waals surface area contributed by atoms with Gasteiger partial charge in [0, 0.05) is 56.1 Å². The molecule has 0 amide bonds. The Morgan fingerprint density at radius 2 is 1.69 bits per heavy atom. The Morgan fingerprint density at radius 3 is 2.26 bits per heavy atom. The van der Waals surface area contributed by atoms with E-state index in [1.54, 1.807) is 0 Å². The van der Waals surface area contributed by atoms with Gasteiger partial charge in [0.2, 0.25) is 10.0 Å². The number of para-hydroxylation sites is 1. The van der Waals surface area contributed by atoms with E-state index in [-0.39, 0.29) is 5.97 Å². The third-order valence-electron chi connectivity index (χ3n) is 6.94. The predicted molar refractivity (Wildman–Crippen MR) is 140 cm³/mol. The maximum absolute atomic E-state index is 11.9. The molecule has 0 aliphatic carbocycles. The zero-order chi connectivity index (χ0) is 25.2. The summed E-state index contributed by atoms with van der Waals surface area (Å²) in [4.78, 5) is 16.7. The molecule has 2 heterocycles. The van der Waals surface area contributed by atoms with Crippen molar-refractivity contribution in [2.24, 2.45) is 0 Å². The maximum Gasteiger partial charge on any atom is 0.337 e. The molecule has 0 unspecified atom stereocenters. The number of esters is 1. The van der Waals surface area contributed by atoms with E-state index in [9.17, 15) is 13.2 Å². The summed E-state index contributed by atoms with van der Waals surface area (Å²) < 4.78 is 30.2. The molecule has 0 saturated carbocycles. The number of carbonyl (C=O) groups excluding carboxylic acids is 1. The lowest BCUT2D eigenvalue weighted by molar-refractivity contribution is 0.0600. The zero-order valence-corrected chi connectivity index (χ0v) is 21.8. The maximum atomic E-state index is 11.9. The quantitative estimate of drug-likeness (QED) is 0.568. The summed E-state index contributed by atoms with van der Waals surface area (Å²) in [6, 6.07) is 16.8. The molecule has 1 saturated heterocycles. The fourth-order valence-corrected chi connectivity index (χ4v) is 6.09. The monoisotopic (exact) mass is 497 g/mol. The molecule has 7 nitrogen and oxygen atoms in total. The molecular weight excluding hydrogens is 462 g/mol. The number of hydrogen-bond acceptors (Lipinski definition) is 6. The molecule has 0 spiro atoms. The number of carbonyl (C=O) groups is 1. The number of sulfonamides is 1. The smallest absolute Gasteiger partial charge is 0.337 e. The first-order chi connectivity index (χ1) is 16.7. The molecule has 0 N–H and O–H groups in total. The van der Waals surface area contributed by atoms with Crippen molar-refractivity contribution in [1.82, 2.24) is 9.21 Å². The van der Waals surface area contributed by atoms with Gasteiger partial charge in [0.15, 0.2) is 0 Å². The summed E-state index contributed by atoms with van der Waals surface area (Å²) >= 11 is 0. The van der Waals surface area contributed by atoms with E-state index in [4.69, 9.17) is 4.74 Å². The first-order valence-electron chi connectivity index (χ1n) is 12.1. The lowest BCUT2D eigenvalue weighted by Gasteiger charge is -2.47. The highest BCUT2D eigenvalue weighted by Gasteiger charge is 2.31. The number of benzene rings is 2. The summed E-state index contributed by atoms with van der Waals surface area (Å²) in [5.41, 5.74) is 5.37. The molecule has 2 atom stereocenters. The number of methoxy groups -OCH3 is 1. The van der Waals surface area contributed by atoms with Crippen molar-refractivity contribution < 1.29 is 17.9 Å². The van der Waals surface area contributed by atoms with Gasteiger partial charge in [-0.2, -0.15) is 4.31 Å². The van der Waals surface area contributed by atoms with Crippen molar-refractivity contribution in [1.29, 1.82) is 0 Å². The highest BCUT2D eigenvalue weighted by Crippen LogP contribution is 2.35. The second-order valence-corrected chi connectivity index (χ2v) is 11.6. The van der Waals surface area contributed by atoms with Gasteiger partial charge < -0.3 is 9.64 Å². The molecular formula is C27H35N3O4S. The third kappa shape index (κ3) is 5.77. The number of nitrogens with zero attached hydrogens (tertiary/aromatic N) is 3. The first-order valence-corrected chi connectivity index (χ1v) is 13.9. The van der Waals surface area contributed by atoms with E-state index in [0.717, 1.165) is 19.6 Å². The Hall–Kier alpha value is -2.68. The minimum Gasteiger partial charge on any atom is -0.465 e. The Kier molecular flexibility index (Phi) is 7.64. The minimum atomic E-state index is -3.17. The number of anilines is 1. The molecule has 0 radical (unpaired) electrons. The molecule has 4 rings (SSSR count). The highest BCUT2D eigenvalue weighted by molar-refractivity contribution is 7.88. The zero-order valence-electron chi connectivity index (χ0n) is 21.0. The number of hydrogen-bond donors (Lipinski definition) is 0. The van der Waals surface area contributed by atoms with Crippen molar-refractivity contribution in [3.63, 3.8) is 0 Å². The van der Waals surface area contributed by atoms with Gasteiger partial charge in [-0.1, -0.05) is 36.4 Å². The van der Waals surface area contributed by atoms with Gasteiger partial charge in [-0.3, -0.25) is 4.90 Å². The standard InChI is InChI=1S/C27H35N3O4S/c1-20-17-28(19-22-9-11-24(12-10-22)27(31)34-3)18-21(2)30(20)26-8-6-5-7-25(26)23-13-15-29(16-14-23)35(4,32)33/h5-13,20-21H,14-19H2,1-4H3/t20-,21+. The molecule has 0 bridgehead atoms. The minimum absolute atomic E-state index is 0.311. The van der Waals surface area contributed by atoms with Crippen molar-refractivity contribution in [3.05, 3.63) is 71.3 Å². The van der Waals surface area contributed by atoms with Crippen molar-refractivity contribution in [2.75, 3.05) is 44.4 Å². The lowest BCUT2D eigenvalue weighted by atomic mass is 9.95. The molecule has 0 aromatic heterocycles. The van der Waals surface area contributed by atoms with Crippen LogP contribution in [0, 0.1) is 0 Å². The number of ether oxygens (including phenoxy) is 1. The van der Waals surface area contributed by atoms with Crippen LogP contribution in [0.3, 0.4) is 0 Å². The molecule has 2 aliphatic rings. The van der Waals surface area contributed by atoms with E-state index in [0.29, 0.717) is 37.2 Å². The van der Waals surface area contributed by atoms with Crippen molar-refractivity contribution in [2.45, 2.75) is 38.9 Å². The van der Waals surface area contributed by atoms with Gasteiger partial charge in [0.25, 0.3) is 0 Å². The average molecular weight is 498 g/mol. The fraction of sp³-hybridized carbons (Fsp3) is 0.444. The molecule has 2 aromatic carbocycles. The molecule has 2 aromatic rings. The Balaban J connectivity index is 1.48. The van der Waals surface area contributed by atoms with Crippen LogP contribution in [0.15, 0.2) is 54.6 Å². The second kappa shape index (κ2) is 10.5. The summed E-state index contributed by atoms with van der Waals surface area (Å²) in [5, 5.41) is 0. The summed E-state index contributed by atoms with van der Waals surface area (Å²) in [6.45, 7) is 8.17. The summed E-state index contributed by atoms with van der Waals surface area (Å²) in [6.07, 6.45) is 4.05. The van der Waals surface area contributed by atoms with E-state index >= 15 is 0 Å². The van der Waals surface area contributed by atoms with Gasteiger partial charge in [-0.05, 0) is 49.6 Å². The van der Waals surface area contributed by atoms with Crippen LogP contribution in [0.4, 0.5) is 5.69 Å². The summed E-state index contributed by atoms with van der Waals surface area (Å²) in [7, 11) is -1.78. The molecule has 8 heteroatoms. The van der Waals surface area contributed by atoms with Gasteiger partial charge >= 0.3 is 5.97 Å². The Bertz CT molecular complexity index is 1180. The van der Waals surface area contributed by atoms with Crippen LogP contribution in [0.25, 0.3) is 5.57 Å². The molecule has 1 fully saturated rings. The fourth-order valence-electron chi connectivity index (χ4n) is 5.33. The van der Waals surface area contributed by atoms with Crippen molar-refractivity contribution in [3.8, 4) is 0 Å². The van der Waals surface area contributed by atoms with E-state index < -0.39 is 10.0 Å². The van der Waals surface area contributed by atoms with Gasteiger partial charge in [-0.25, -0.2) is 13.2 Å². The van der Waals surface area contributed by atoms with Crippen LogP contribution in [-0.2, 0) is 21.3 Å². The van der Waals surface area contributed by atoms with E-state index in [1.165, 1.54) is 40.1 Å².